The lowest BCUT2D eigenvalue weighted by Gasteiger charge is -2.23. The van der Waals surface area contributed by atoms with Crippen LogP contribution in [0.1, 0.15) is 37.9 Å². The first kappa shape index (κ1) is 18.9. The van der Waals surface area contributed by atoms with Gasteiger partial charge < -0.3 is 19.4 Å². The SMILES string of the molecule is O=C(COC(=O)[C@H]1CC(=O)N(C2CCCC2)C1)NC(=O)NCc1ccco1. The number of nitrogens with one attached hydrogen (secondary N) is 2. The number of hydrogen-bond donors (Lipinski definition) is 2. The number of imide groups is 1. The number of ether oxygens (including phenoxy) is 1. The summed E-state index contributed by atoms with van der Waals surface area (Å²) in [5, 5.41) is 4.51. The summed E-state index contributed by atoms with van der Waals surface area (Å²) in [6.45, 7) is -0.0954. The van der Waals surface area contributed by atoms with Crippen molar-refractivity contribution in [3.05, 3.63) is 24.2 Å². The van der Waals surface area contributed by atoms with E-state index in [2.05, 4.69) is 10.6 Å². The van der Waals surface area contributed by atoms with Crippen LogP contribution in [0.15, 0.2) is 22.8 Å². The van der Waals surface area contributed by atoms with E-state index >= 15 is 0 Å². The lowest BCUT2D eigenvalue weighted by Crippen LogP contribution is -2.41. The molecule has 0 spiro atoms. The molecule has 3 rings (SSSR count). The largest absolute Gasteiger partial charge is 0.467 e. The van der Waals surface area contributed by atoms with E-state index in [1.165, 1.54) is 6.26 Å². The van der Waals surface area contributed by atoms with Crippen LogP contribution in [-0.4, -0.2) is 47.9 Å². The number of rotatable bonds is 6. The van der Waals surface area contributed by atoms with E-state index in [4.69, 9.17) is 9.15 Å². The number of furan rings is 1. The van der Waals surface area contributed by atoms with Crippen molar-refractivity contribution in [3.63, 3.8) is 0 Å². The van der Waals surface area contributed by atoms with Crippen molar-refractivity contribution in [3.8, 4) is 0 Å². The quantitative estimate of drug-likeness (QED) is 0.713. The third-order valence-electron chi connectivity index (χ3n) is 4.86. The highest BCUT2D eigenvalue weighted by molar-refractivity contribution is 5.96. The van der Waals surface area contributed by atoms with Crippen LogP contribution < -0.4 is 10.6 Å². The molecule has 2 fully saturated rings. The Labute approximate surface area is 156 Å². The molecular formula is C18H23N3O6. The maximum absolute atomic E-state index is 12.1. The topological polar surface area (TPSA) is 118 Å². The molecule has 1 saturated heterocycles. The van der Waals surface area contributed by atoms with Gasteiger partial charge >= 0.3 is 12.0 Å². The van der Waals surface area contributed by atoms with Gasteiger partial charge in [-0.05, 0) is 25.0 Å². The van der Waals surface area contributed by atoms with Crippen LogP contribution >= 0.6 is 0 Å². The van der Waals surface area contributed by atoms with Crippen LogP contribution in [0.25, 0.3) is 0 Å². The summed E-state index contributed by atoms with van der Waals surface area (Å²) in [4.78, 5) is 49.3. The number of nitrogens with zero attached hydrogens (tertiary/aromatic N) is 1. The van der Waals surface area contributed by atoms with Gasteiger partial charge in [-0.1, -0.05) is 12.8 Å². The van der Waals surface area contributed by atoms with Crippen LogP contribution in [0.5, 0.6) is 0 Å². The maximum atomic E-state index is 12.1. The summed E-state index contributed by atoms with van der Waals surface area (Å²) in [6, 6.07) is 2.87. The first-order valence-electron chi connectivity index (χ1n) is 9.09. The number of likely N-dealkylation sites (tertiary alicyclic amines) is 1. The predicted octanol–water partition coefficient (Wildman–Crippen LogP) is 0.940. The summed E-state index contributed by atoms with van der Waals surface area (Å²) in [7, 11) is 0. The van der Waals surface area contributed by atoms with Crippen LogP contribution in [-0.2, 0) is 25.7 Å². The number of hydrogen-bond acceptors (Lipinski definition) is 6. The molecular weight excluding hydrogens is 354 g/mol. The standard InChI is InChI=1S/C18H23N3O6/c22-15(20-18(25)19-9-14-6-3-7-26-14)11-27-17(24)12-8-16(23)21(10-12)13-4-1-2-5-13/h3,6-7,12-13H,1-2,4-5,8-11H2,(H2,19,20,22,25)/t12-/m0/s1. The summed E-state index contributed by atoms with van der Waals surface area (Å²) in [5.41, 5.74) is 0. The number of esters is 1. The molecule has 1 aromatic heterocycles. The predicted molar refractivity (Wildman–Crippen MR) is 92.1 cm³/mol. The van der Waals surface area contributed by atoms with Gasteiger partial charge in [0, 0.05) is 19.0 Å². The Balaban J connectivity index is 1.36. The summed E-state index contributed by atoms with van der Waals surface area (Å²) in [6.07, 6.45) is 5.74. The first-order valence-corrected chi connectivity index (χ1v) is 9.09. The second-order valence-electron chi connectivity index (χ2n) is 6.80. The Morgan fingerprint density at radius 3 is 2.74 bits per heavy atom. The Kier molecular flexibility index (Phi) is 6.10. The van der Waals surface area contributed by atoms with Crippen LogP contribution in [0.2, 0.25) is 0 Å². The Bertz CT molecular complexity index is 696. The molecule has 1 aromatic rings. The number of carbonyl (C=O) groups excluding carboxylic acids is 4. The molecule has 4 amide bonds. The third-order valence-corrected chi connectivity index (χ3v) is 4.86. The average Bonchev–Trinajstić information content (AvgIpc) is 3.39. The fraction of sp³-hybridized carbons (Fsp3) is 0.556. The zero-order chi connectivity index (χ0) is 19.2. The highest BCUT2D eigenvalue weighted by Crippen LogP contribution is 2.29. The minimum Gasteiger partial charge on any atom is -0.467 e. The Hall–Kier alpha value is -2.84. The molecule has 9 nitrogen and oxygen atoms in total. The molecule has 2 N–H and O–H groups in total. The van der Waals surface area contributed by atoms with Crippen molar-refractivity contribution in [2.75, 3.05) is 13.2 Å². The van der Waals surface area contributed by atoms with Crippen LogP contribution in [0, 0.1) is 5.92 Å². The van der Waals surface area contributed by atoms with Crippen molar-refractivity contribution in [1.82, 2.24) is 15.5 Å². The van der Waals surface area contributed by atoms with Gasteiger partial charge in [0.05, 0.1) is 18.7 Å². The Morgan fingerprint density at radius 2 is 2.04 bits per heavy atom. The summed E-state index contributed by atoms with van der Waals surface area (Å²) in [5.74, 6) is -1.38. The summed E-state index contributed by atoms with van der Waals surface area (Å²) >= 11 is 0. The minimum atomic E-state index is -0.739. The van der Waals surface area contributed by atoms with Gasteiger partial charge in [-0.2, -0.15) is 0 Å². The smallest absolute Gasteiger partial charge is 0.321 e. The molecule has 1 aliphatic heterocycles. The molecule has 1 aliphatic carbocycles. The highest BCUT2D eigenvalue weighted by atomic mass is 16.5. The van der Waals surface area contributed by atoms with Gasteiger partial charge in [-0.15, -0.1) is 0 Å². The zero-order valence-electron chi connectivity index (χ0n) is 14.9. The average molecular weight is 377 g/mol. The van der Waals surface area contributed by atoms with Gasteiger partial charge in [0.25, 0.3) is 5.91 Å². The van der Waals surface area contributed by atoms with Gasteiger partial charge in [0.15, 0.2) is 6.61 Å². The molecule has 27 heavy (non-hydrogen) atoms. The van der Waals surface area contributed by atoms with E-state index in [9.17, 15) is 19.2 Å². The molecule has 146 valence electrons. The lowest BCUT2D eigenvalue weighted by atomic mass is 10.1. The normalized spacial score (nSPS) is 19.9. The molecule has 0 radical (unpaired) electrons. The van der Waals surface area contributed by atoms with Gasteiger partial charge in [0.1, 0.15) is 5.76 Å². The molecule has 2 aliphatic rings. The van der Waals surface area contributed by atoms with E-state index in [-0.39, 0.29) is 24.9 Å². The van der Waals surface area contributed by atoms with Crippen molar-refractivity contribution in [2.45, 2.75) is 44.7 Å². The minimum absolute atomic E-state index is 0.0365. The molecule has 0 bridgehead atoms. The number of urea groups is 1. The van der Waals surface area contributed by atoms with E-state index in [1.807, 2.05) is 0 Å². The van der Waals surface area contributed by atoms with E-state index in [1.54, 1.807) is 17.0 Å². The van der Waals surface area contributed by atoms with Crippen LogP contribution in [0.4, 0.5) is 4.79 Å². The van der Waals surface area contributed by atoms with Gasteiger partial charge in [0.2, 0.25) is 5.91 Å². The van der Waals surface area contributed by atoms with Gasteiger partial charge in [-0.3, -0.25) is 19.7 Å². The molecule has 2 heterocycles. The van der Waals surface area contributed by atoms with E-state index in [0.29, 0.717) is 12.3 Å². The molecule has 1 atom stereocenters. The van der Waals surface area contributed by atoms with E-state index < -0.39 is 30.4 Å². The van der Waals surface area contributed by atoms with Crippen molar-refractivity contribution in [1.29, 1.82) is 0 Å². The van der Waals surface area contributed by atoms with Crippen molar-refractivity contribution >= 4 is 23.8 Å². The second-order valence-corrected chi connectivity index (χ2v) is 6.80. The summed E-state index contributed by atoms with van der Waals surface area (Å²) < 4.78 is 10.0. The zero-order valence-corrected chi connectivity index (χ0v) is 14.9. The van der Waals surface area contributed by atoms with Crippen LogP contribution in [0.3, 0.4) is 0 Å². The fourth-order valence-electron chi connectivity index (χ4n) is 3.50. The van der Waals surface area contributed by atoms with Crippen molar-refractivity contribution < 1.29 is 28.3 Å². The number of amides is 4. The van der Waals surface area contributed by atoms with E-state index in [0.717, 1.165) is 25.7 Å². The highest BCUT2D eigenvalue weighted by Gasteiger charge is 2.39. The first-order chi connectivity index (χ1) is 13.0. The monoisotopic (exact) mass is 377 g/mol. The van der Waals surface area contributed by atoms with Gasteiger partial charge in [-0.25, -0.2) is 4.79 Å². The van der Waals surface area contributed by atoms with Crippen molar-refractivity contribution in [2.24, 2.45) is 5.92 Å². The Morgan fingerprint density at radius 1 is 1.26 bits per heavy atom. The molecule has 0 aromatic carbocycles. The third kappa shape index (κ3) is 5.08. The molecule has 1 saturated carbocycles. The lowest BCUT2D eigenvalue weighted by molar-refractivity contribution is -0.152. The maximum Gasteiger partial charge on any atom is 0.321 e. The molecule has 0 unspecified atom stereocenters. The second kappa shape index (κ2) is 8.70. The molecule has 9 heteroatoms. The number of carbonyl (C=O) groups is 4. The fourth-order valence-corrected chi connectivity index (χ4v) is 3.50.